The van der Waals surface area contributed by atoms with Crippen molar-refractivity contribution in [2.75, 3.05) is 13.2 Å². The molecule has 1 amide bonds. The van der Waals surface area contributed by atoms with Crippen molar-refractivity contribution < 1.29 is 19.1 Å². The van der Waals surface area contributed by atoms with Gasteiger partial charge in [-0.25, -0.2) is 4.98 Å². The molecule has 1 aliphatic carbocycles. The molecule has 0 radical (unpaired) electrons. The molecule has 2 aromatic carbocycles. The molecule has 0 aliphatic heterocycles. The molecule has 0 unspecified atom stereocenters. The van der Waals surface area contributed by atoms with E-state index in [2.05, 4.69) is 70.0 Å². The van der Waals surface area contributed by atoms with Crippen LogP contribution in [0.2, 0.25) is 18.1 Å². The normalized spacial score (nSPS) is 15.0. The lowest BCUT2D eigenvalue weighted by molar-refractivity contribution is 0.0656. The van der Waals surface area contributed by atoms with Crippen LogP contribution in [-0.4, -0.2) is 53.4 Å². The molecule has 1 heterocycles. The summed E-state index contributed by atoms with van der Waals surface area (Å²) in [5.74, 6) is -0.109. The van der Waals surface area contributed by atoms with Crippen LogP contribution in [0, 0.1) is 6.92 Å². The number of aromatic nitrogens is 2. The van der Waals surface area contributed by atoms with Gasteiger partial charge in [-0.05, 0) is 62.9 Å². The molecule has 1 saturated carbocycles. The number of amides is 1. The first kappa shape index (κ1) is 33.7. The molecule has 1 N–H and O–H groups in total. The van der Waals surface area contributed by atoms with Crippen LogP contribution < -0.4 is 4.74 Å². The van der Waals surface area contributed by atoms with Crippen molar-refractivity contribution in [2.24, 2.45) is 0 Å². The summed E-state index contributed by atoms with van der Waals surface area (Å²) in [7, 11) is -1.99. The smallest absolute Gasteiger partial charge is 0.276 e. The summed E-state index contributed by atoms with van der Waals surface area (Å²) < 4.78 is 12.5. The molecular formula is C36H51N3O4Si. The maximum absolute atomic E-state index is 14.3. The number of benzene rings is 2. The highest BCUT2D eigenvalue weighted by Crippen LogP contribution is 2.44. The first-order valence-corrected chi connectivity index (χ1v) is 18.9. The first-order chi connectivity index (χ1) is 20.7. The number of hydrogen-bond donors (Lipinski definition) is 1. The van der Waals surface area contributed by atoms with Gasteiger partial charge in [0.25, 0.3) is 11.8 Å². The van der Waals surface area contributed by atoms with Gasteiger partial charge >= 0.3 is 0 Å². The molecule has 0 saturated heterocycles. The van der Waals surface area contributed by atoms with Crippen LogP contribution in [0.4, 0.5) is 0 Å². The summed E-state index contributed by atoms with van der Waals surface area (Å²) in [5, 5.41) is 11.4. The Hall–Kier alpha value is -3.23. The van der Waals surface area contributed by atoms with Crippen molar-refractivity contribution in [3.8, 4) is 11.6 Å². The van der Waals surface area contributed by atoms with E-state index >= 15 is 0 Å². The van der Waals surface area contributed by atoms with E-state index in [1.807, 2.05) is 44.2 Å². The third-order valence-electron chi connectivity index (χ3n) is 9.50. The van der Waals surface area contributed by atoms with Gasteiger partial charge in [-0.15, -0.1) is 0 Å². The van der Waals surface area contributed by atoms with Gasteiger partial charge in [0, 0.05) is 24.4 Å². The molecule has 1 fully saturated rings. The zero-order valence-corrected chi connectivity index (χ0v) is 28.9. The molecule has 0 spiro atoms. The first-order valence-electron chi connectivity index (χ1n) is 16.0. The van der Waals surface area contributed by atoms with Crippen molar-refractivity contribution in [1.29, 1.82) is 0 Å². The fourth-order valence-electron chi connectivity index (χ4n) is 5.81. The standard InChI is InChI=1S/C36H51N3O4Si/c1-26(2)39(21-22-43-44(7,8)35(4,5)6)34(41)31-32(42-25-28-16-10-9-11-17-28)33(40)38-30(37-31)24-36(19-12-13-20-36)29-18-14-15-27(3)23-29/h9-11,14-18,23,26H,12-13,19-22,24-25H2,1-8H3,(H,37,38,40). The Morgan fingerprint density at radius 2 is 1.73 bits per heavy atom. The molecule has 8 heteroatoms. The molecule has 1 aromatic heterocycles. The minimum absolute atomic E-state index is 0.0228. The lowest BCUT2D eigenvalue weighted by Gasteiger charge is -2.37. The van der Waals surface area contributed by atoms with Gasteiger partial charge in [0.2, 0.25) is 5.75 Å². The Labute approximate surface area is 265 Å². The number of aromatic hydroxyl groups is 1. The van der Waals surface area contributed by atoms with Gasteiger partial charge in [0.15, 0.2) is 14.0 Å². The Kier molecular flexibility index (Phi) is 10.6. The van der Waals surface area contributed by atoms with E-state index in [9.17, 15) is 9.90 Å². The van der Waals surface area contributed by atoms with Crippen molar-refractivity contribution in [3.05, 3.63) is 82.8 Å². The molecule has 0 atom stereocenters. The second-order valence-electron chi connectivity index (χ2n) is 14.2. The number of hydrogen-bond acceptors (Lipinski definition) is 6. The van der Waals surface area contributed by atoms with Crippen LogP contribution in [0.25, 0.3) is 0 Å². The maximum Gasteiger partial charge on any atom is 0.276 e. The Bertz CT molecular complexity index is 1410. The molecule has 44 heavy (non-hydrogen) atoms. The van der Waals surface area contributed by atoms with E-state index in [1.54, 1.807) is 4.90 Å². The van der Waals surface area contributed by atoms with Crippen LogP contribution in [0.3, 0.4) is 0 Å². The van der Waals surface area contributed by atoms with Gasteiger partial charge in [0.05, 0.1) is 6.61 Å². The number of carbonyl (C=O) groups excluding carboxylic acids is 1. The van der Waals surface area contributed by atoms with E-state index in [-0.39, 0.29) is 46.3 Å². The lowest BCUT2D eigenvalue weighted by atomic mass is 9.75. The van der Waals surface area contributed by atoms with Gasteiger partial charge < -0.3 is 19.2 Å². The SMILES string of the molecule is Cc1cccc(C2(Cc3nc(O)c(OCc4ccccc4)c(C(=O)N(CCO[Si](C)(C)C(C)(C)C)C(C)C)n3)CCCC2)c1. The number of rotatable bonds is 12. The van der Waals surface area contributed by atoms with Crippen molar-refractivity contribution in [1.82, 2.24) is 14.9 Å². The fourth-order valence-corrected chi connectivity index (χ4v) is 6.85. The van der Waals surface area contributed by atoms with E-state index in [0.29, 0.717) is 25.4 Å². The highest BCUT2D eigenvalue weighted by atomic mass is 28.4. The lowest BCUT2D eigenvalue weighted by Crippen LogP contribution is -2.45. The summed E-state index contributed by atoms with van der Waals surface area (Å²) in [6.07, 6.45) is 4.82. The van der Waals surface area contributed by atoms with E-state index in [0.717, 1.165) is 31.2 Å². The average Bonchev–Trinajstić information content (AvgIpc) is 3.43. The summed E-state index contributed by atoms with van der Waals surface area (Å²) in [4.78, 5) is 25.5. The quantitative estimate of drug-likeness (QED) is 0.207. The summed E-state index contributed by atoms with van der Waals surface area (Å²) >= 11 is 0. The second-order valence-corrected chi connectivity index (χ2v) is 19.0. The number of nitrogens with zero attached hydrogens (tertiary/aromatic N) is 3. The van der Waals surface area contributed by atoms with Crippen LogP contribution in [0.1, 0.15) is 93.3 Å². The molecule has 7 nitrogen and oxygen atoms in total. The van der Waals surface area contributed by atoms with E-state index in [4.69, 9.17) is 14.1 Å². The third kappa shape index (κ3) is 7.88. The molecular weight excluding hydrogens is 566 g/mol. The predicted molar refractivity (Wildman–Crippen MR) is 179 cm³/mol. The Balaban J connectivity index is 1.69. The molecule has 3 aromatic rings. The zero-order chi connectivity index (χ0) is 32.1. The van der Waals surface area contributed by atoms with Crippen LogP contribution >= 0.6 is 0 Å². The van der Waals surface area contributed by atoms with Gasteiger partial charge in [-0.1, -0.05) is 93.8 Å². The van der Waals surface area contributed by atoms with Crippen molar-refractivity contribution in [2.45, 2.75) is 110 Å². The van der Waals surface area contributed by atoms with E-state index in [1.165, 1.54) is 11.1 Å². The highest BCUT2D eigenvalue weighted by Gasteiger charge is 2.39. The van der Waals surface area contributed by atoms with Crippen LogP contribution in [-0.2, 0) is 22.9 Å². The van der Waals surface area contributed by atoms with Gasteiger partial charge in [-0.2, -0.15) is 4.98 Å². The van der Waals surface area contributed by atoms with Crippen molar-refractivity contribution >= 4 is 14.2 Å². The average molecular weight is 618 g/mol. The fraction of sp³-hybridized carbons (Fsp3) is 0.528. The largest absolute Gasteiger partial charge is 0.491 e. The summed E-state index contributed by atoms with van der Waals surface area (Å²) in [6, 6.07) is 18.2. The predicted octanol–water partition coefficient (Wildman–Crippen LogP) is 8.00. The molecule has 0 bridgehead atoms. The number of aryl methyl sites for hydroxylation is 1. The monoisotopic (exact) mass is 617 g/mol. The summed E-state index contributed by atoms with van der Waals surface area (Å²) in [6.45, 7) is 18.2. The van der Waals surface area contributed by atoms with Crippen LogP contribution in [0.15, 0.2) is 54.6 Å². The minimum atomic E-state index is -1.99. The minimum Gasteiger partial charge on any atom is -0.491 e. The van der Waals surface area contributed by atoms with E-state index < -0.39 is 8.32 Å². The summed E-state index contributed by atoms with van der Waals surface area (Å²) in [5.41, 5.74) is 3.36. The Morgan fingerprint density at radius 1 is 1.05 bits per heavy atom. The van der Waals surface area contributed by atoms with Crippen molar-refractivity contribution in [3.63, 3.8) is 0 Å². The Morgan fingerprint density at radius 3 is 2.34 bits per heavy atom. The molecule has 1 aliphatic rings. The highest BCUT2D eigenvalue weighted by molar-refractivity contribution is 6.74. The second kappa shape index (κ2) is 13.8. The van der Waals surface area contributed by atoms with Gasteiger partial charge in [-0.3, -0.25) is 4.79 Å². The van der Waals surface area contributed by atoms with Crippen LogP contribution in [0.5, 0.6) is 11.6 Å². The zero-order valence-electron chi connectivity index (χ0n) is 27.9. The number of ether oxygens (including phenoxy) is 1. The molecule has 4 rings (SSSR count). The van der Waals surface area contributed by atoms with Gasteiger partial charge in [0.1, 0.15) is 12.4 Å². The maximum atomic E-state index is 14.3. The topological polar surface area (TPSA) is 84.8 Å². The molecule has 238 valence electrons. The number of carbonyl (C=O) groups is 1. The third-order valence-corrected chi connectivity index (χ3v) is 14.0.